The summed E-state index contributed by atoms with van der Waals surface area (Å²) < 4.78 is 0. The standard InChI is InChI=1S/C15H24ClN/c1-5-11(2)10-12(3)17-13(4)14-6-8-15(16)9-7-14/h6-9,11-13,17H,5,10H2,1-4H3. The maximum absolute atomic E-state index is 5.89. The second-order valence-electron chi connectivity index (χ2n) is 5.09. The molecule has 0 radical (unpaired) electrons. The highest BCUT2D eigenvalue weighted by molar-refractivity contribution is 6.30. The quantitative estimate of drug-likeness (QED) is 0.767. The molecule has 0 aromatic heterocycles. The predicted molar refractivity (Wildman–Crippen MR) is 76.5 cm³/mol. The lowest BCUT2D eigenvalue weighted by molar-refractivity contribution is 0.385. The molecule has 0 saturated heterocycles. The van der Waals surface area contributed by atoms with Crippen molar-refractivity contribution < 1.29 is 0 Å². The molecule has 1 nitrogen and oxygen atoms in total. The van der Waals surface area contributed by atoms with Gasteiger partial charge in [-0.05, 0) is 43.9 Å². The molecule has 0 spiro atoms. The monoisotopic (exact) mass is 253 g/mol. The lowest BCUT2D eigenvalue weighted by Crippen LogP contribution is -2.30. The highest BCUT2D eigenvalue weighted by Gasteiger charge is 2.11. The zero-order chi connectivity index (χ0) is 12.8. The zero-order valence-electron chi connectivity index (χ0n) is 11.3. The number of rotatable bonds is 6. The molecular formula is C15H24ClN. The molecule has 0 bridgehead atoms. The summed E-state index contributed by atoms with van der Waals surface area (Å²) in [7, 11) is 0. The summed E-state index contributed by atoms with van der Waals surface area (Å²) in [6.45, 7) is 9.03. The lowest BCUT2D eigenvalue weighted by Gasteiger charge is -2.22. The van der Waals surface area contributed by atoms with E-state index < -0.39 is 0 Å². The van der Waals surface area contributed by atoms with Gasteiger partial charge in [0.2, 0.25) is 0 Å². The van der Waals surface area contributed by atoms with Gasteiger partial charge in [0, 0.05) is 17.1 Å². The molecule has 0 fully saturated rings. The fraction of sp³-hybridized carbons (Fsp3) is 0.600. The molecular weight excluding hydrogens is 230 g/mol. The molecule has 1 rings (SSSR count). The van der Waals surface area contributed by atoms with Crippen LogP contribution in [0.3, 0.4) is 0 Å². The Bertz CT molecular complexity index is 320. The SMILES string of the molecule is CCC(C)CC(C)NC(C)c1ccc(Cl)cc1. The zero-order valence-corrected chi connectivity index (χ0v) is 12.1. The van der Waals surface area contributed by atoms with Gasteiger partial charge in [-0.25, -0.2) is 0 Å². The Labute approximate surface area is 111 Å². The van der Waals surface area contributed by atoms with E-state index in [1.807, 2.05) is 12.1 Å². The summed E-state index contributed by atoms with van der Waals surface area (Å²) in [6, 6.07) is 9.02. The van der Waals surface area contributed by atoms with Gasteiger partial charge in [0.25, 0.3) is 0 Å². The van der Waals surface area contributed by atoms with E-state index in [1.165, 1.54) is 18.4 Å². The highest BCUT2D eigenvalue weighted by atomic mass is 35.5. The van der Waals surface area contributed by atoms with Crippen molar-refractivity contribution in [1.29, 1.82) is 0 Å². The van der Waals surface area contributed by atoms with Gasteiger partial charge in [0.05, 0.1) is 0 Å². The Morgan fingerprint density at radius 1 is 1.12 bits per heavy atom. The van der Waals surface area contributed by atoms with Crippen molar-refractivity contribution in [3.05, 3.63) is 34.9 Å². The first kappa shape index (κ1) is 14.5. The van der Waals surface area contributed by atoms with Crippen molar-refractivity contribution in [3.8, 4) is 0 Å². The van der Waals surface area contributed by atoms with Crippen LogP contribution < -0.4 is 5.32 Å². The van der Waals surface area contributed by atoms with Crippen molar-refractivity contribution in [2.75, 3.05) is 0 Å². The van der Waals surface area contributed by atoms with E-state index >= 15 is 0 Å². The van der Waals surface area contributed by atoms with Crippen LogP contribution >= 0.6 is 11.6 Å². The van der Waals surface area contributed by atoms with Gasteiger partial charge < -0.3 is 5.32 Å². The van der Waals surface area contributed by atoms with Crippen LogP contribution in [0.15, 0.2) is 24.3 Å². The van der Waals surface area contributed by atoms with Crippen molar-refractivity contribution in [2.24, 2.45) is 5.92 Å². The molecule has 3 unspecified atom stereocenters. The van der Waals surface area contributed by atoms with Crippen molar-refractivity contribution in [1.82, 2.24) is 5.32 Å². The minimum absolute atomic E-state index is 0.381. The fourth-order valence-electron chi connectivity index (χ4n) is 2.11. The smallest absolute Gasteiger partial charge is 0.0406 e. The summed E-state index contributed by atoms with van der Waals surface area (Å²) >= 11 is 5.89. The normalized spacial score (nSPS) is 16.5. The van der Waals surface area contributed by atoms with Crippen LogP contribution in [0.5, 0.6) is 0 Å². The third kappa shape index (κ3) is 5.10. The third-order valence-electron chi connectivity index (χ3n) is 3.36. The molecule has 0 aliphatic heterocycles. The minimum atomic E-state index is 0.381. The number of hydrogen-bond acceptors (Lipinski definition) is 1. The highest BCUT2D eigenvalue weighted by Crippen LogP contribution is 2.18. The molecule has 1 aromatic rings. The first-order chi connectivity index (χ1) is 8.02. The van der Waals surface area contributed by atoms with E-state index in [0.717, 1.165) is 10.9 Å². The summed E-state index contributed by atoms with van der Waals surface area (Å²) in [6.07, 6.45) is 2.48. The molecule has 1 N–H and O–H groups in total. The van der Waals surface area contributed by atoms with Gasteiger partial charge in [0.15, 0.2) is 0 Å². The van der Waals surface area contributed by atoms with Crippen LogP contribution in [0, 0.1) is 5.92 Å². The number of nitrogens with one attached hydrogen (secondary N) is 1. The molecule has 0 saturated carbocycles. The Balaban J connectivity index is 2.48. The molecule has 1 aromatic carbocycles. The second-order valence-corrected chi connectivity index (χ2v) is 5.53. The van der Waals surface area contributed by atoms with Gasteiger partial charge in [0.1, 0.15) is 0 Å². The molecule has 17 heavy (non-hydrogen) atoms. The van der Waals surface area contributed by atoms with Crippen LogP contribution in [0.2, 0.25) is 5.02 Å². The Morgan fingerprint density at radius 3 is 2.24 bits per heavy atom. The van der Waals surface area contributed by atoms with Crippen molar-refractivity contribution in [2.45, 2.75) is 52.6 Å². The van der Waals surface area contributed by atoms with Crippen LogP contribution in [-0.2, 0) is 0 Å². The third-order valence-corrected chi connectivity index (χ3v) is 3.61. The second kappa shape index (κ2) is 7.03. The maximum atomic E-state index is 5.89. The Morgan fingerprint density at radius 2 is 1.71 bits per heavy atom. The molecule has 2 heteroatoms. The molecule has 0 heterocycles. The van der Waals surface area contributed by atoms with Crippen LogP contribution in [-0.4, -0.2) is 6.04 Å². The van der Waals surface area contributed by atoms with Gasteiger partial charge >= 0.3 is 0 Å². The molecule has 0 aliphatic carbocycles. The predicted octanol–water partition coefficient (Wildman–Crippen LogP) is 4.82. The summed E-state index contributed by atoms with van der Waals surface area (Å²) in [5.41, 5.74) is 1.30. The molecule has 96 valence electrons. The fourth-order valence-corrected chi connectivity index (χ4v) is 2.24. The van der Waals surface area contributed by atoms with E-state index in [-0.39, 0.29) is 0 Å². The summed E-state index contributed by atoms with van der Waals surface area (Å²) in [4.78, 5) is 0. The van der Waals surface area contributed by atoms with E-state index in [4.69, 9.17) is 11.6 Å². The average Bonchev–Trinajstić information content (AvgIpc) is 2.29. The summed E-state index contributed by atoms with van der Waals surface area (Å²) in [5, 5.41) is 4.44. The maximum Gasteiger partial charge on any atom is 0.0406 e. The van der Waals surface area contributed by atoms with Crippen LogP contribution in [0.4, 0.5) is 0 Å². The van der Waals surface area contributed by atoms with Crippen LogP contribution in [0.25, 0.3) is 0 Å². The average molecular weight is 254 g/mol. The number of hydrogen-bond donors (Lipinski definition) is 1. The topological polar surface area (TPSA) is 12.0 Å². The van der Waals surface area contributed by atoms with E-state index in [2.05, 4.69) is 45.1 Å². The van der Waals surface area contributed by atoms with Gasteiger partial charge in [-0.2, -0.15) is 0 Å². The minimum Gasteiger partial charge on any atom is -0.308 e. The van der Waals surface area contributed by atoms with E-state index in [0.29, 0.717) is 12.1 Å². The molecule has 0 aliphatic rings. The first-order valence-corrected chi connectivity index (χ1v) is 6.92. The van der Waals surface area contributed by atoms with Gasteiger partial charge in [-0.15, -0.1) is 0 Å². The summed E-state index contributed by atoms with van der Waals surface area (Å²) in [5.74, 6) is 0.787. The molecule has 0 amide bonds. The van der Waals surface area contributed by atoms with Crippen molar-refractivity contribution in [3.63, 3.8) is 0 Å². The van der Waals surface area contributed by atoms with E-state index in [9.17, 15) is 0 Å². The van der Waals surface area contributed by atoms with Crippen molar-refractivity contribution >= 4 is 11.6 Å². The largest absolute Gasteiger partial charge is 0.308 e. The van der Waals surface area contributed by atoms with Gasteiger partial charge in [-0.3, -0.25) is 0 Å². The Hall–Kier alpha value is -0.530. The lowest BCUT2D eigenvalue weighted by atomic mass is 9.99. The number of benzene rings is 1. The molecule has 3 atom stereocenters. The van der Waals surface area contributed by atoms with Crippen LogP contribution in [0.1, 0.15) is 52.1 Å². The van der Waals surface area contributed by atoms with Gasteiger partial charge in [-0.1, -0.05) is 44.0 Å². The number of halogens is 1. The first-order valence-electron chi connectivity index (χ1n) is 6.54. The Kier molecular flexibility index (Phi) is 6.01. The van der Waals surface area contributed by atoms with E-state index in [1.54, 1.807) is 0 Å².